The standard InChI is InChI=1S/C15H11N3O2.C6H12.CH5N/c19-14-5-4-13-12-3-2-11(18-7-1-6-16-18)8-10(12)9-20-15(13)17-14;1-2-4-6-5-3-1;1-2/h1-8H,9H2,(H,17,19);1-6H2;2H2,1H3. The van der Waals surface area contributed by atoms with Gasteiger partial charge in [0.25, 0.3) is 5.56 Å². The number of rotatable bonds is 1. The molecule has 2 aromatic heterocycles. The lowest BCUT2D eigenvalue weighted by Crippen LogP contribution is -2.13. The smallest absolute Gasteiger partial charge is 0.250 e. The fraction of sp³-hybridized carbons (Fsp3) is 0.364. The normalized spacial score (nSPS) is 14.2. The number of fused-ring (bicyclic) bond motifs is 3. The zero-order valence-electron chi connectivity index (χ0n) is 16.4. The second-order valence-corrected chi connectivity index (χ2v) is 6.77. The molecule has 6 heteroatoms. The molecule has 1 aliphatic heterocycles. The van der Waals surface area contributed by atoms with Gasteiger partial charge < -0.3 is 10.5 Å². The summed E-state index contributed by atoms with van der Waals surface area (Å²) in [4.78, 5) is 14.0. The van der Waals surface area contributed by atoms with Crippen molar-refractivity contribution in [3.63, 3.8) is 0 Å². The van der Waals surface area contributed by atoms with Crippen molar-refractivity contribution in [1.82, 2.24) is 14.8 Å². The van der Waals surface area contributed by atoms with Crippen LogP contribution in [-0.2, 0) is 6.61 Å². The van der Waals surface area contributed by atoms with Crippen LogP contribution in [0.25, 0.3) is 16.8 Å². The van der Waals surface area contributed by atoms with Gasteiger partial charge in [-0.25, -0.2) is 4.68 Å². The number of hydrogen-bond donors (Lipinski definition) is 2. The van der Waals surface area contributed by atoms with Crippen LogP contribution in [0.5, 0.6) is 5.88 Å². The molecule has 1 aliphatic carbocycles. The number of ether oxygens (including phenoxy) is 1. The quantitative estimate of drug-likeness (QED) is 0.667. The van der Waals surface area contributed by atoms with Gasteiger partial charge in [-0.15, -0.1) is 0 Å². The molecule has 0 atom stereocenters. The topological polar surface area (TPSA) is 85.9 Å². The predicted molar refractivity (Wildman–Crippen MR) is 112 cm³/mol. The first-order valence-electron chi connectivity index (χ1n) is 9.88. The van der Waals surface area contributed by atoms with E-state index in [0.717, 1.165) is 22.4 Å². The van der Waals surface area contributed by atoms with Gasteiger partial charge in [0, 0.05) is 24.0 Å². The van der Waals surface area contributed by atoms with E-state index in [1.54, 1.807) is 12.3 Å². The minimum atomic E-state index is -0.152. The number of hydrogen-bond acceptors (Lipinski definition) is 4. The summed E-state index contributed by atoms with van der Waals surface area (Å²) in [5.41, 5.74) is 8.42. The second kappa shape index (κ2) is 9.90. The van der Waals surface area contributed by atoms with Crippen LogP contribution in [0.3, 0.4) is 0 Å². The van der Waals surface area contributed by atoms with Crippen molar-refractivity contribution in [3.05, 3.63) is 64.7 Å². The molecule has 0 amide bonds. The summed E-state index contributed by atoms with van der Waals surface area (Å²) < 4.78 is 7.43. The Balaban J connectivity index is 0.000000239. The number of aromatic amines is 1. The van der Waals surface area contributed by atoms with E-state index in [-0.39, 0.29) is 5.56 Å². The van der Waals surface area contributed by atoms with Crippen LogP contribution >= 0.6 is 0 Å². The van der Waals surface area contributed by atoms with Crippen LogP contribution in [0.15, 0.2) is 53.6 Å². The van der Waals surface area contributed by atoms with Gasteiger partial charge in [0.1, 0.15) is 6.61 Å². The van der Waals surface area contributed by atoms with Gasteiger partial charge in [-0.1, -0.05) is 44.6 Å². The van der Waals surface area contributed by atoms with Crippen molar-refractivity contribution in [3.8, 4) is 22.7 Å². The lowest BCUT2D eigenvalue weighted by Gasteiger charge is -2.20. The Morgan fingerprint density at radius 1 is 1.00 bits per heavy atom. The molecule has 148 valence electrons. The predicted octanol–water partition coefficient (Wildman–Crippen LogP) is 4.04. The third kappa shape index (κ3) is 4.70. The van der Waals surface area contributed by atoms with E-state index in [4.69, 9.17) is 4.74 Å². The Morgan fingerprint density at radius 3 is 2.32 bits per heavy atom. The van der Waals surface area contributed by atoms with Crippen molar-refractivity contribution < 1.29 is 4.74 Å². The molecule has 1 aromatic carbocycles. The van der Waals surface area contributed by atoms with Gasteiger partial charge in [-0.2, -0.15) is 5.10 Å². The molecule has 0 unspecified atom stereocenters. The fourth-order valence-corrected chi connectivity index (χ4v) is 3.52. The average molecular weight is 380 g/mol. The maximum atomic E-state index is 11.3. The Labute approximate surface area is 165 Å². The van der Waals surface area contributed by atoms with Gasteiger partial charge >= 0.3 is 0 Å². The largest absolute Gasteiger partial charge is 0.474 e. The molecular weight excluding hydrogens is 352 g/mol. The number of pyridine rings is 1. The Bertz CT molecular complexity index is 916. The van der Waals surface area contributed by atoms with Gasteiger partial charge in [-0.3, -0.25) is 9.78 Å². The SMILES string of the molecule is C1CCCCC1.CN.O=c1ccc2c([nH]1)OCc1cc(-n3cccn3)ccc1-2. The first-order valence-corrected chi connectivity index (χ1v) is 9.88. The molecule has 3 heterocycles. The Morgan fingerprint density at radius 2 is 1.68 bits per heavy atom. The van der Waals surface area contributed by atoms with Crippen molar-refractivity contribution in [2.45, 2.75) is 45.1 Å². The van der Waals surface area contributed by atoms with E-state index in [1.807, 2.05) is 29.1 Å². The lowest BCUT2D eigenvalue weighted by atomic mass is 9.98. The molecule has 3 N–H and O–H groups in total. The van der Waals surface area contributed by atoms with Crippen molar-refractivity contribution in [2.24, 2.45) is 5.73 Å². The number of nitrogens with one attached hydrogen (secondary N) is 1. The van der Waals surface area contributed by atoms with E-state index in [9.17, 15) is 4.79 Å². The molecule has 3 aromatic rings. The Kier molecular flexibility index (Phi) is 7.03. The summed E-state index contributed by atoms with van der Waals surface area (Å²) in [6, 6.07) is 11.3. The van der Waals surface area contributed by atoms with Crippen molar-refractivity contribution in [1.29, 1.82) is 0 Å². The molecule has 0 bridgehead atoms. The molecule has 0 saturated heterocycles. The van der Waals surface area contributed by atoms with Crippen LogP contribution < -0.4 is 16.0 Å². The molecule has 5 rings (SSSR count). The second-order valence-electron chi connectivity index (χ2n) is 6.77. The molecular formula is C22H28N4O2. The molecule has 0 radical (unpaired) electrons. The minimum absolute atomic E-state index is 0.152. The fourth-order valence-electron chi connectivity index (χ4n) is 3.52. The maximum Gasteiger partial charge on any atom is 0.250 e. The Hall–Kier alpha value is -2.86. The van der Waals surface area contributed by atoms with Crippen molar-refractivity contribution in [2.75, 3.05) is 7.05 Å². The first-order chi connectivity index (χ1) is 13.8. The van der Waals surface area contributed by atoms with Crippen LogP contribution in [0.2, 0.25) is 0 Å². The van der Waals surface area contributed by atoms with Gasteiger partial charge in [0.2, 0.25) is 5.88 Å². The summed E-state index contributed by atoms with van der Waals surface area (Å²) in [5.74, 6) is 0.539. The van der Waals surface area contributed by atoms with Crippen LogP contribution in [0, 0.1) is 0 Å². The highest BCUT2D eigenvalue weighted by molar-refractivity contribution is 5.74. The van der Waals surface area contributed by atoms with E-state index in [1.165, 1.54) is 51.6 Å². The average Bonchev–Trinajstić information content (AvgIpc) is 3.31. The van der Waals surface area contributed by atoms with Crippen LogP contribution in [-0.4, -0.2) is 21.8 Å². The minimum Gasteiger partial charge on any atom is -0.474 e. The maximum absolute atomic E-state index is 11.3. The first kappa shape index (κ1) is 19.9. The van der Waals surface area contributed by atoms with Gasteiger partial charge in [0.15, 0.2) is 0 Å². The molecule has 1 saturated carbocycles. The van der Waals surface area contributed by atoms with Crippen LogP contribution in [0.4, 0.5) is 0 Å². The molecule has 28 heavy (non-hydrogen) atoms. The van der Waals surface area contributed by atoms with E-state index < -0.39 is 0 Å². The number of benzene rings is 1. The zero-order chi connectivity index (χ0) is 19.8. The van der Waals surface area contributed by atoms with E-state index in [0.29, 0.717) is 12.5 Å². The third-order valence-corrected chi connectivity index (χ3v) is 4.90. The van der Waals surface area contributed by atoms with Gasteiger partial charge in [-0.05, 0) is 42.4 Å². The molecule has 2 aliphatic rings. The molecule has 1 fully saturated rings. The highest BCUT2D eigenvalue weighted by Crippen LogP contribution is 2.35. The van der Waals surface area contributed by atoms with Crippen molar-refractivity contribution >= 4 is 0 Å². The summed E-state index contributed by atoms with van der Waals surface area (Å²) in [6.45, 7) is 0.442. The summed E-state index contributed by atoms with van der Waals surface area (Å²) in [6.07, 6.45) is 12.6. The van der Waals surface area contributed by atoms with Crippen LogP contribution in [0.1, 0.15) is 44.1 Å². The van der Waals surface area contributed by atoms with E-state index >= 15 is 0 Å². The van der Waals surface area contributed by atoms with Gasteiger partial charge in [0.05, 0.1) is 5.69 Å². The zero-order valence-corrected chi connectivity index (χ0v) is 16.4. The highest BCUT2D eigenvalue weighted by Gasteiger charge is 2.18. The lowest BCUT2D eigenvalue weighted by molar-refractivity contribution is 0.289. The number of aromatic nitrogens is 3. The number of H-pyrrole nitrogens is 1. The monoisotopic (exact) mass is 380 g/mol. The van der Waals surface area contributed by atoms with E-state index in [2.05, 4.69) is 21.9 Å². The summed E-state index contributed by atoms with van der Waals surface area (Å²) in [5, 5.41) is 4.22. The molecule has 0 spiro atoms. The highest BCUT2D eigenvalue weighted by atomic mass is 16.5. The molecule has 6 nitrogen and oxygen atoms in total. The summed E-state index contributed by atoms with van der Waals surface area (Å²) in [7, 11) is 1.50. The summed E-state index contributed by atoms with van der Waals surface area (Å²) >= 11 is 0. The third-order valence-electron chi connectivity index (χ3n) is 4.90. The number of nitrogens with zero attached hydrogens (tertiary/aromatic N) is 2. The number of nitrogens with two attached hydrogens (primary N) is 1.